The van der Waals surface area contributed by atoms with E-state index in [1.165, 1.54) is 58.0 Å². The number of rotatable bonds is 4. The van der Waals surface area contributed by atoms with Crippen LogP contribution in [-0.4, -0.2) is 45.9 Å². The lowest BCUT2D eigenvalue weighted by atomic mass is 9.87. The van der Waals surface area contributed by atoms with Crippen LogP contribution in [0.1, 0.15) is 74.9 Å². The molecule has 4 nitrogen and oxygen atoms in total. The van der Waals surface area contributed by atoms with Crippen LogP contribution >= 0.6 is 11.3 Å². The Morgan fingerprint density at radius 1 is 1.15 bits per heavy atom. The minimum atomic E-state index is 0.0932. The van der Waals surface area contributed by atoms with Gasteiger partial charge >= 0.3 is 0 Å². The maximum absolute atomic E-state index is 12.7. The summed E-state index contributed by atoms with van der Waals surface area (Å²) < 4.78 is 0. The molecule has 3 fully saturated rings. The first-order valence-electron chi connectivity index (χ1n) is 10.6. The Labute approximate surface area is 162 Å². The van der Waals surface area contributed by atoms with Crippen LogP contribution < -0.4 is 0 Å². The minimum absolute atomic E-state index is 0.0932. The molecule has 3 heterocycles. The number of carbonyl (C=O) groups excluding carboxylic acids is 1. The summed E-state index contributed by atoms with van der Waals surface area (Å²) in [4.78, 5) is 22.2. The molecule has 0 radical (unpaired) electrons. The smallest absolute Gasteiger partial charge is 0.223 e. The zero-order valence-electron chi connectivity index (χ0n) is 16.2. The molecule has 1 saturated carbocycles. The molecular formula is C21H33N3OS. The van der Waals surface area contributed by atoms with Crippen LogP contribution in [0.25, 0.3) is 0 Å². The Morgan fingerprint density at radius 3 is 2.77 bits per heavy atom. The van der Waals surface area contributed by atoms with Crippen LogP contribution in [0, 0.1) is 12.8 Å². The average molecular weight is 376 g/mol. The van der Waals surface area contributed by atoms with Gasteiger partial charge in [-0.05, 0) is 57.9 Å². The number of likely N-dealkylation sites (tertiary alicyclic amines) is 2. The number of hydrogen-bond donors (Lipinski definition) is 0. The fourth-order valence-electron chi connectivity index (χ4n) is 5.44. The largest absolute Gasteiger partial charge is 0.331 e. The van der Waals surface area contributed by atoms with Gasteiger partial charge in [-0.2, -0.15) is 0 Å². The second-order valence-corrected chi connectivity index (χ2v) is 9.78. The highest BCUT2D eigenvalue weighted by Crippen LogP contribution is 2.40. The molecule has 3 aliphatic rings. The zero-order valence-corrected chi connectivity index (χ0v) is 17.0. The first kappa shape index (κ1) is 18.4. The van der Waals surface area contributed by atoms with Gasteiger partial charge in [0.15, 0.2) is 0 Å². The maximum atomic E-state index is 12.7. The van der Waals surface area contributed by atoms with Gasteiger partial charge in [0.25, 0.3) is 0 Å². The van der Waals surface area contributed by atoms with Crippen molar-refractivity contribution in [2.75, 3.05) is 19.6 Å². The fourth-order valence-corrected chi connectivity index (χ4v) is 6.05. The average Bonchev–Trinajstić information content (AvgIpc) is 3.11. The molecule has 1 amide bonds. The fraction of sp³-hybridized carbons (Fsp3) is 0.810. The van der Waals surface area contributed by atoms with Crippen molar-refractivity contribution >= 4 is 17.2 Å². The highest BCUT2D eigenvalue weighted by atomic mass is 32.1. The Balaban J connectivity index is 1.40. The standard InChI is InChI=1S/C21H33N3OS/c1-17-22-19(16-26-17)15-24-20(25)8-10-21(24)9-5-12-23(13-11-21)14-18-6-3-2-4-7-18/h16,18H,2-15H2,1H3/t21-/m0/s1. The molecule has 2 saturated heterocycles. The SMILES string of the molecule is Cc1nc(CN2C(=O)CC[C@]23CCCN(CC2CCCCC2)CC3)cs1. The first-order valence-corrected chi connectivity index (χ1v) is 11.5. The van der Waals surface area contributed by atoms with E-state index in [9.17, 15) is 4.79 Å². The summed E-state index contributed by atoms with van der Waals surface area (Å²) in [6, 6.07) is 0. The van der Waals surface area contributed by atoms with Crippen molar-refractivity contribution < 1.29 is 4.79 Å². The summed E-state index contributed by atoms with van der Waals surface area (Å²) in [7, 11) is 0. The second-order valence-electron chi connectivity index (χ2n) is 8.72. The summed E-state index contributed by atoms with van der Waals surface area (Å²) in [6.45, 7) is 6.43. The van der Waals surface area contributed by atoms with Crippen molar-refractivity contribution in [1.82, 2.24) is 14.8 Å². The van der Waals surface area contributed by atoms with E-state index in [0.717, 1.165) is 42.4 Å². The first-order chi connectivity index (χ1) is 12.6. The molecule has 0 aromatic carbocycles. The van der Waals surface area contributed by atoms with Gasteiger partial charge in [0.05, 0.1) is 17.2 Å². The van der Waals surface area contributed by atoms with E-state index in [4.69, 9.17) is 0 Å². The Hall–Kier alpha value is -0.940. The molecule has 0 bridgehead atoms. The zero-order chi connectivity index (χ0) is 18.0. The van der Waals surface area contributed by atoms with Gasteiger partial charge in [0, 0.05) is 30.4 Å². The van der Waals surface area contributed by atoms with Gasteiger partial charge in [0.1, 0.15) is 0 Å². The number of aromatic nitrogens is 1. The maximum Gasteiger partial charge on any atom is 0.223 e. The van der Waals surface area contributed by atoms with Gasteiger partial charge in [-0.3, -0.25) is 4.79 Å². The van der Waals surface area contributed by atoms with Crippen LogP contribution in [0.3, 0.4) is 0 Å². The molecule has 1 aromatic heterocycles. The van der Waals surface area contributed by atoms with Crippen molar-refractivity contribution in [3.8, 4) is 0 Å². The number of carbonyl (C=O) groups is 1. The van der Waals surface area contributed by atoms with Gasteiger partial charge in [-0.1, -0.05) is 19.3 Å². The monoisotopic (exact) mass is 375 g/mol. The lowest BCUT2D eigenvalue weighted by Crippen LogP contribution is -2.46. The van der Waals surface area contributed by atoms with E-state index >= 15 is 0 Å². The van der Waals surface area contributed by atoms with E-state index in [0.29, 0.717) is 12.5 Å². The topological polar surface area (TPSA) is 36.4 Å². The number of thiazole rings is 1. The van der Waals surface area contributed by atoms with Crippen LogP contribution in [-0.2, 0) is 11.3 Å². The summed E-state index contributed by atoms with van der Waals surface area (Å²) >= 11 is 1.69. The summed E-state index contributed by atoms with van der Waals surface area (Å²) in [5.41, 5.74) is 1.17. The van der Waals surface area contributed by atoms with Crippen molar-refractivity contribution in [3.63, 3.8) is 0 Å². The third-order valence-corrected chi connectivity index (χ3v) is 7.74. The van der Waals surface area contributed by atoms with Crippen LogP contribution in [0.15, 0.2) is 5.38 Å². The molecule has 4 rings (SSSR count). The van der Waals surface area contributed by atoms with E-state index in [1.807, 2.05) is 6.92 Å². The molecule has 1 spiro atoms. The number of amides is 1. The molecule has 2 aliphatic heterocycles. The normalized spacial score (nSPS) is 28.8. The number of hydrogen-bond acceptors (Lipinski definition) is 4. The van der Waals surface area contributed by atoms with Crippen molar-refractivity contribution in [2.45, 2.75) is 83.2 Å². The van der Waals surface area contributed by atoms with Gasteiger partial charge in [-0.25, -0.2) is 4.98 Å². The molecule has 0 unspecified atom stereocenters. The number of aryl methyl sites for hydroxylation is 1. The van der Waals surface area contributed by atoms with E-state index in [1.54, 1.807) is 11.3 Å². The van der Waals surface area contributed by atoms with Crippen LogP contribution in [0.2, 0.25) is 0 Å². The van der Waals surface area contributed by atoms with Crippen LogP contribution in [0.4, 0.5) is 0 Å². The van der Waals surface area contributed by atoms with Crippen molar-refractivity contribution in [2.24, 2.45) is 5.92 Å². The van der Waals surface area contributed by atoms with Gasteiger partial charge in [-0.15, -0.1) is 11.3 Å². The Kier molecular flexibility index (Phi) is 5.65. The highest BCUT2D eigenvalue weighted by molar-refractivity contribution is 7.09. The lowest BCUT2D eigenvalue weighted by molar-refractivity contribution is -0.132. The quantitative estimate of drug-likeness (QED) is 0.784. The molecule has 1 aromatic rings. The van der Waals surface area contributed by atoms with Gasteiger partial charge < -0.3 is 9.80 Å². The van der Waals surface area contributed by atoms with Gasteiger partial charge in [0.2, 0.25) is 5.91 Å². The Bertz CT molecular complexity index is 625. The molecule has 5 heteroatoms. The predicted octanol–water partition coefficient (Wildman–Crippen LogP) is 4.38. The molecule has 1 atom stereocenters. The molecule has 144 valence electrons. The van der Waals surface area contributed by atoms with Crippen molar-refractivity contribution in [3.05, 3.63) is 16.1 Å². The molecule has 1 aliphatic carbocycles. The third-order valence-electron chi connectivity index (χ3n) is 6.92. The van der Waals surface area contributed by atoms with Crippen molar-refractivity contribution in [1.29, 1.82) is 0 Å². The Morgan fingerprint density at radius 2 is 2.00 bits per heavy atom. The number of nitrogens with zero attached hydrogens (tertiary/aromatic N) is 3. The third kappa shape index (κ3) is 3.99. The van der Waals surface area contributed by atoms with Crippen LogP contribution in [0.5, 0.6) is 0 Å². The summed E-state index contributed by atoms with van der Waals surface area (Å²) in [6.07, 6.45) is 12.5. The van der Waals surface area contributed by atoms with E-state index < -0.39 is 0 Å². The minimum Gasteiger partial charge on any atom is -0.331 e. The van der Waals surface area contributed by atoms with E-state index in [2.05, 4.69) is 20.2 Å². The summed E-state index contributed by atoms with van der Waals surface area (Å²) in [5, 5.41) is 3.22. The molecule has 26 heavy (non-hydrogen) atoms. The molecule has 0 N–H and O–H groups in total. The predicted molar refractivity (Wildman–Crippen MR) is 106 cm³/mol. The van der Waals surface area contributed by atoms with E-state index in [-0.39, 0.29) is 5.54 Å². The summed E-state index contributed by atoms with van der Waals surface area (Å²) in [5.74, 6) is 1.26. The lowest BCUT2D eigenvalue weighted by Gasteiger charge is -2.38. The second kappa shape index (κ2) is 7.97. The highest BCUT2D eigenvalue weighted by Gasteiger charge is 2.45. The molecular weight excluding hydrogens is 342 g/mol.